The van der Waals surface area contributed by atoms with Crippen molar-refractivity contribution in [3.05, 3.63) is 51.4 Å². The van der Waals surface area contributed by atoms with Crippen LogP contribution in [0.25, 0.3) is 0 Å². The lowest BCUT2D eigenvalue weighted by Crippen LogP contribution is -2.24. The number of aromatic amines is 1. The molecule has 0 saturated heterocycles. The zero-order valence-corrected chi connectivity index (χ0v) is 14.9. The van der Waals surface area contributed by atoms with Gasteiger partial charge in [-0.05, 0) is 45.2 Å². The molecule has 0 spiro atoms. The number of hydrogen-bond donors (Lipinski definition) is 2. The number of amides is 1. The first-order valence-electron chi connectivity index (χ1n) is 8.14. The van der Waals surface area contributed by atoms with Gasteiger partial charge in [0.25, 0.3) is 5.56 Å². The number of nitrogens with zero attached hydrogens (tertiary/aromatic N) is 1. The second-order valence-corrected chi connectivity index (χ2v) is 7.37. The van der Waals surface area contributed by atoms with E-state index in [-0.39, 0.29) is 17.2 Å². The van der Waals surface area contributed by atoms with Crippen molar-refractivity contribution < 1.29 is 9.59 Å². The maximum absolute atomic E-state index is 12.4. The van der Waals surface area contributed by atoms with Gasteiger partial charge < -0.3 is 10.3 Å². The standard InChI is InChI=1S/C18H19N3O3S/c1-10(22)12-5-3-6-13(9-12)19-16(23)11(2)25-18-20-15-8-4-7-14(15)17(24)21-18/h3,5-6,9,11H,4,7-8H2,1-2H3,(H,19,23)(H,20,21,24). The second-order valence-electron chi connectivity index (χ2n) is 6.04. The van der Waals surface area contributed by atoms with E-state index >= 15 is 0 Å². The van der Waals surface area contributed by atoms with Gasteiger partial charge in [0.2, 0.25) is 5.91 Å². The summed E-state index contributed by atoms with van der Waals surface area (Å²) in [6.07, 6.45) is 2.53. The van der Waals surface area contributed by atoms with Crippen LogP contribution in [0.5, 0.6) is 0 Å². The van der Waals surface area contributed by atoms with Crippen LogP contribution < -0.4 is 10.9 Å². The van der Waals surface area contributed by atoms with Crippen LogP contribution in [0.2, 0.25) is 0 Å². The monoisotopic (exact) mass is 357 g/mol. The molecule has 2 N–H and O–H groups in total. The van der Waals surface area contributed by atoms with Crippen LogP contribution >= 0.6 is 11.8 Å². The summed E-state index contributed by atoms with van der Waals surface area (Å²) in [6, 6.07) is 6.81. The number of thioether (sulfide) groups is 1. The summed E-state index contributed by atoms with van der Waals surface area (Å²) in [7, 11) is 0. The summed E-state index contributed by atoms with van der Waals surface area (Å²) in [5.74, 6) is -0.271. The van der Waals surface area contributed by atoms with Gasteiger partial charge >= 0.3 is 0 Å². The van der Waals surface area contributed by atoms with Gasteiger partial charge in [-0.3, -0.25) is 14.4 Å². The summed E-state index contributed by atoms with van der Waals surface area (Å²) < 4.78 is 0. The van der Waals surface area contributed by atoms with E-state index in [1.165, 1.54) is 18.7 Å². The molecule has 0 radical (unpaired) electrons. The van der Waals surface area contributed by atoms with E-state index in [9.17, 15) is 14.4 Å². The third-order valence-electron chi connectivity index (χ3n) is 4.11. The Balaban J connectivity index is 1.69. The number of aromatic nitrogens is 2. The van der Waals surface area contributed by atoms with Gasteiger partial charge in [0.15, 0.2) is 10.9 Å². The second kappa shape index (κ2) is 7.23. The Labute approximate surface area is 149 Å². The van der Waals surface area contributed by atoms with Gasteiger partial charge in [-0.1, -0.05) is 23.9 Å². The molecule has 0 aliphatic heterocycles. The fourth-order valence-corrected chi connectivity index (χ4v) is 3.57. The highest BCUT2D eigenvalue weighted by molar-refractivity contribution is 8.00. The van der Waals surface area contributed by atoms with Crippen LogP contribution in [0.3, 0.4) is 0 Å². The Morgan fingerprint density at radius 2 is 2.12 bits per heavy atom. The molecular formula is C18H19N3O3S. The minimum absolute atomic E-state index is 0.0570. The Morgan fingerprint density at radius 1 is 1.32 bits per heavy atom. The smallest absolute Gasteiger partial charge is 0.254 e. The lowest BCUT2D eigenvalue weighted by molar-refractivity contribution is -0.115. The molecule has 1 unspecified atom stereocenters. The van der Waals surface area contributed by atoms with Gasteiger partial charge in [-0.2, -0.15) is 0 Å². The lowest BCUT2D eigenvalue weighted by atomic mass is 10.1. The van der Waals surface area contributed by atoms with Crippen molar-refractivity contribution in [3.8, 4) is 0 Å². The summed E-state index contributed by atoms with van der Waals surface area (Å²) >= 11 is 1.22. The summed E-state index contributed by atoms with van der Waals surface area (Å²) in [5.41, 5.74) is 2.62. The van der Waals surface area contributed by atoms with Gasteiger partial charge in [-0.25, -0.2) is 4.98 Å². The van der Waals surface area contributed by atoms with E-state index in [2.05, 4.69) is 15.3 Å². The van der Waals surface area contributed by atoms with Crippen molar-refractivity contribution in [2.45, 2.75) is 43.5 Å². The average Bonchev–Trinajstić information content (AvgIpc) is 3.04. The van der Waals surface area contributed by atoms with E-state index in [1.54, 1.807) is 31.2 Å². The van der Waals surface area contributed by atoms with Crippen LogP contribution in [-0.2, 0) is 17.6 Å². The van der Waals surface area contributed by atoms with Crippen LogP contribution in [0.4, 0.5) is 5.69 Å². The number of nitrogens with one attached hydrogen (secondary N) is 2. The molecule has 6 nitrogen and oxygen atoms in total. The van der Waals surface area contributed by atoms with Crippen LogP contribution in [0.1, 0.15) is 41.9 Å². The van der Waals surface area contributed by atoms with E-state index in [0.29, 0.717) is 16.4 Å². The number of Topliss-reactive ketones (excluding diaryl/α,β-unsaturated/α-hetero) is 1. The predicted octanol–water partition coefficient (Wildman–Crippen LogP) is 2.58. The van der Waals surface area contributed by atoms with Crippen molar-refractivity contribution in [3.63, 3.8) is 0 Å². The number of carbonyl (C=O) groups excluding carboxylic acids is 2. The molecule has 1 amide bonds. The summed E-state index contributed by atoms with van der Waals surface area (Å²) in [6.45, 7) is 3.23. The molecule has 130 valence electrons. The summed E-state index contributed by atoms with van der Waals surface area (Å²) in [4.78, 5) is 43.1. The Kier molecular flexibility index (Phi) is 5.03. The molecule has 2 aromatic rings. The van der Waals surface area contributed by atoms with E-state index in [0.717, 1.165) is 30.5 Å². The topological polar surface area (TPSA) is 91.9 Å². The molecule has 25 heavy (non-hydrogen) atoms. The van der Waals surface area contributed by atoms with Crippen molar-refractivity contribution in [2.24, 2.45) is 0 Å². The van der Waals surface area contributed by atoms with Gasteiger partial charge in [0, 0.05) is 16.8 Å². The molecule has 1 aliphatic carbocycles. The number of fused-ring (bicyclic) bond motifs is 1. The molecule has 7 heteroatoms. The predicted molar refractivity (Wildman–Crippen MR) is 97.3 cm³/mol. The Bertz CT molecular complexity index is 891. The third-order valence-corrected chi connectivity index (χ3v) is 5.10. The number of hydrogen-bond acceptors (Lipinski definition) is 5. The third kappa shape index (κ3) is 3.99. The number of rotatable bonds is 5. The Morgan fingerprint density at radius 3 is 2.88 bits per heavy atom. The van der Waals surface area contributed by atoms with Crippen LogP contribution in [-0.4, -0.2) is 26.9 Å². The largest absolute Gasteiger partial charge is 0.325 e. The molecular weight excluding hydrogens is 338 g/mol. The van der Waals surface area contributed by atoms with E-state index in [4.69, 9.17) is 0 Å². The number of ketones is 1. The number of H-pyrrole nitrogens is 1. The maximum Gasteiger partial charge on any atom is 0.254 e. The van der Waals surface area contributed by atoms with Gasteiger partial charge in [0.05, 0.1) is 10.9 Å². The molecule has 1 aromatic heterocycles. The van der Waals surface area contributed by atoms with Crippen molar-refractivity contribution in [1.29, 1.82) is 0 Å². The van der Waals surface area contributed by atoms with E-state index < -0.39 is 5.25 Å². The molecule has 3 rings (SSSR count). The average molecular weight is 357 g/mol. The number of aryl methyl sites for hydroxylation is 1. The quantitative estimate of drug-likeness (QED) is 0.487. The van der Waals surface area contributed by atoms with Gasteiger partial charge in [-0.15, -0.1) is 0 Å². The van der Waals surface area contributed by atoms with Crippen LogP contribution in [0, 0.1) is 0 Å². The highest BCUT2D eigenvalue weighted by Crippen LogP contribution is 2.23. The molecule has 0 bridgehead atoms. The molecule has 1 heterocycles. The zero-order chi connectivity index (χ0) is 18.0. The first-order valence-corrected chi connectivity index (χ1v) is 9.02. The van der Waals surface area contributed by atoms with Gasteiger partial charge in [0.1, 0.15) is 0 Å². The Hall–Kier alpha value is -2.41. The van der Waals surface area contributed by atoms with Crippen molar-refractivity contribution in [1.82, 2.24) is 9.97 Å². The normalized spacial score (nSPS) is 14.0. The minimum atomic E-state index is -0.441. The minimum Gasteiger partial charge on any atom is -0.325 e. The molecule has 0 saturated carbocycles. The first kappa shape index (κ1) is 17.4. The molecule has 0 fully saturated rings. The number of anilines is 1. The van der Waals surface area contributed by atoms with Crippen molar-refractivity contribution >= 4 is 29.1 Å². The SMILES string of the molecule is CC(=O)c1cccc(NC(=O)C(C)Sc2nc3c(c(=O)[nH]2)CCC3)c1. The van der Waals surface area contributed by atoms with Crippen LogP contribution in [0.15, 0.2) is 34.2 Å². The molecule has 1 atom stereocenters. The van der Waals surface area contributed by atoms with E-state index in [1.807, 2.05) is 0 Å². The highest BCUT2D eigenvalue weighted by Gasteiger charge is 2.20. The number of carbonyl (C=O) groups is 2. The maximum atomic E-state index is 12.4. The lowest BCUT2D eigenvalue weighted by Gasteiger charge is -2.12. The first-order chi connectivity index (χ1) is 11.9. The molecule has 1 aliphatic rings. The fraction of sp³-hybridized carbons (Fsp3) is 0.333. The van der Waals surface area contributed by atoms with Crippen molar-refractivity contribution in [2.75, 3.05) is 5.32 Å². The molecule has 1 aromatic carbocycles. The number of benzene rings is 1. The zero-order valence-electron chi connectivity index (χ0n) is 14.1. The highest BCUT2D eigenvalue weighted by atomic mass is 32.2. The fourth-order valence-electron chi connectivity index (χ4n) is 2.76. The summed E-state index contributed by atoms with van der Waals surface area (Å²) in [5, 5.41) is 2.81.